The van der Waals surface area contributed by atoms with Crippen LogP contribution in [0.5, 0.6) is 0 Å². The van der Waals surface area contributed by atoms with Crippen LogP contribution in [-0.4, -0.2) is 30.3 Å². The number of nitrogens with one attached hydrogen (secondary N) is 1. The van der Waals surface area contributed by atoms with Crippen LogP contribution in [0, 0.1) is 11.8 Å². The van der Waals surface area contributed by atoms with Crippen LogP contribution in [0.15, 0.2) is 30.3 Å². The molecule has 1 aromatic rings. The van der Waals surface area contributed by atoms with E-state index in [-0.39, 0.29) is 18.4 Å². The summed E-state index contributed by atoms with van der Waals surface area (Å²) in [6.45, 7) is 5.12. The molecule has 1 rings (SSSR count). The number of amides is 1. The summed E-state index contributed by atoms with van der Waals surface area (Å²) in [5, 5.41) is 10.1. The molecule has 0 saturated heterocycles. The van der Waals surface area contributed by atoms with E-state index in [0.29, 0.717) is 25.4 Å². The van der Waals surface area contributed by atoms with Crippen LogP contribution in [0.1, 0.15) is 32.3 Å². The minimum Gasteiger partial charge on any atom is -0.391 e. The first-order valence-electron chi connectivity index (χ1n) is 7.83. The van der Waals surface area contributed by atoms with E-state index in [1.807, 2.05) is 30.3 Å². The smallest absolute Gasteiger partial charge is 0.237 e. The topological polar surface area (TPSA) is 84.6 Å². The van der Waals surface area contributed by atoms with Crippen molar-refractivity contribution in [3.8, 4) is 0 Å². The standard InChI is InChI=1S/C17H28N2O3/c1-13(2)8-9-22-12-16(20)11-15(17(21)19-18)10-14-6-4-3-5-7-14/h3-7,13,15-16,20H,8-12,18H2,1-2H3,(H,19,21). The Bertz CT molecular complexity index is 423. The Balaban J connectivity index is 2.45. The van der Waals surface area contributed by atoms with E-state index >= 15 is 0 Å². The monoisotopic (exact) mass is 308 g/mol. The lowest BCUT2D eigenvalue weighted by Crippen LogP contribution is -2.39. The lowest BCUT2D eigenvalue weighted by atomic mass is 9.93. The van der Waals surface area contributed by atoms with E-state index in [1.54, 1.807) is 0 Å². The number of hydrazine groups is 1. The number of hydrogen-bond donors (Lipinski definition) is 3. The van der Waals surface area contributed by atoms with Gasteiger partial charge in [-0.05, 0) is 30.7 Å². The molecular weight excluding hydrogens is 280 g/mol. The summed E-state index contributed by atoms with van der Waals surface area (Å²) in [5.41, 5.74) is 3.23. The van der Waals surface area contributed by atoms with Crippen molar-refractivity contribution in [3.05, 3.63) is 35.9 Å². The summed E-state index contributed by atoms with van der Waals surface area (Å²) in [4.78, 5) is 11.9. The highest BCUT2D eigenvalue weighted by Gasteiger charge is 2.22. The van der Waals surface area contributed by atoms with E-state index in [2.05, 4.69) is 19.3 Å². The van der Waals surface area contributed by atoms with Gasteiger partial charge in [0.15, 0.2) is 0 Å². The highest BCUT2D eigenvalue weighted by Crippen LogP contribution is 2.15. The molecule has 124 valence electrons. The molecule has 1 amide bonds. The first kappa shape index (κ1) is 18.6. The summed E-state index contributed by atoms with van der Waals surface area (Å²) in [6, 6.07) is 9.71. The van der Waals surface area contributed by atoms with Gasteiger partial charge in [-0.3, -0.25) is 10.2 Å². The van der Waals surface area contributed by atoms with Crippen molar-refractivity contribution < 1.29 is 14.6 Å². The predicted molar refractivity (Wildman–Crippen MR) is 86.9 cm³/mol. The first-order valence-corrected chi connectivity index (χ1v) is 7.83. The molecule has 0 radical (unpaired) electrons. The van der Waals surface area contributed by atoms with Crippen LogP contribution in [0.3, 0.4) is 0 Å². The average molecular weight is 308 g/mol. The van der Waals surface area contributed by atoms with Crippen LogP contribution in [0.4, 0.5) is 0 Å². The lowest BCUT2D eigenvalue weighted by molar-refractivity contribution is -0.126. The SMILES string of the molecule is CC(C)CCOCC(O)CC(Cc1ccccc1)C(=O)NN. The van der Waals surface area contributed by atoms with Crippen molar-refractivity contribution in [2.24, 2.45) is 17.7 Å². The fourth-order valence-electron chi connectivity index (χ4n) is 2.23. The van der Waals surface area contributed by atoms with E-state index in [0.717, 1.165) is 12.0 Å². The number of benzene rings is 1. The zero-order valence-corrected chi connectivity index (χ0v) is 13.5. The molecule has 0 bridgehead atoms. The second-order valence-electron chi connectivity index (χ2n) is 6.04. The van der Waals surface area contributed by atoms with E-state index in [1.165, 1.54) is 0 Å². The Kier molecular flexibility index (Phi) is 8.74. The number of carbonyl (C=O) groups is 1. The van der Waals surface area contributed by atoms with Crippen LogP contribution in [0.2, 0.25) is 0 Å². The van der Waals surface area contributed by atoms with Gasteiger partial charge in [0.05, 0.1) is 12.7 Å². The molecule has 0 heterocycles. The molecule has 0 aliphatic heterocycles. The molecule has 0 fully saturated rings. The predicted octanol–water partition coefficient (Wildman–Crippen LogP) is 1.65. The fourth-order valence-corrected chi connectivity index (χ4v) is 2.23. The minimum atomic E-state index is -0.668. The molecule has 0 saturated carbocycles. The Hall–Kier alpha value is -1.43. The van der Waals surface area contributed by atoms with Crippen molar-refractivity contribution in [1.82, 2.24) is 5.43 Å². The van der Waals surface area contributed by atoms with Gasteiger partial charge in [0.1, 0.15) is 0 Å². The van der Waals surface area contributed by atoms with Gasteiger partial charge in [0, 0.05) is 12.5 Å². The van der Waals surface area contributed by atoms with Gasteiger partial charge in [-0.2, -0.15) is 0 Å². The second kappa shape index (κ2) is 10.3. The Morgan fingerprint density at radius 3 is 2.59 bits per heavy atom. The maximum atomic E-state index is 11.9. The Morgan fingerprint density at radius 1 is 1.32 bits per heavy atom. The molecular formula is C17H28N2O3. The third kappa shape index (κ3) is 7.54. The maximum Gasteiger partial charge on any atom is 0.237 e. The summed E-state index contributed by atoms with van der Waals surface area (Å²) < 4.78 is 5.46. The largest absolute Gasteiger partial charge is 0.391 e. The van der Waals surface area contributed by atoms with Gasteiger partial charge in [-0.25, -0.2) is 5.84 Å². The molecule has 5 heteroatoms. The maximum absolute atomic E-state index is 11.9. The normalized spacial score (nSPS) is 13.9. The van der Waals surface area contributed by atoms with E-state index in [4.69, 9.17) is 10.6 Å². The molecule has 0 aliphatic rings. The van der Waals surface area contributed by atoms with Gasteiger partial charge < -0.3 is 9.84 Å². The summed E-state index contributed by atoms with van der Waals surface area (Å²) in [5.74, 6) is 5.20. The number of aliphatic hydroxyl groups is 1. The number of ether oxygens (including phenoxy) is 1. The van der Waals surface area contributed by atoms with Crippen LogP contribution in [0.25, 0.3) is 0 Å². The zero-order valence-electron chi connectivity index (χ0n) is 13.5. The number of rotatable bonds is 10. The quantitative estimate of drug-likeness (QED) is 0.265. The van der Waals surface area contributed by atoms with Gasteiger partial charge in [0.2, 0.25) is 5.91 Å². The lowest BCUT2D eigenvalue weighted by Gasteiger charge is -2.19. The third-order valence-electron chi connectivity index (χ3n) is 3.54. The summed E-state index contributed by atoms with van der Waals surface area (Å²) in [6.07, 6.45) is 1.17. The first-order chi connectivity index (χ1) is 10.5. The second-order valence-corrected chi connectivity index (χ2v) is 6.04. The molecule has 4 N–H and O–H groups in total. The van der Waals surface area contributed by atoms with E-state index in [9.17, 15) is 9.90 Å². The Morgan fingerprint density at radius 2 is 2.00 bits per heavy atom. The van der Waals surface area contributed by atoms with E-state index < -0.39 is 6.10 Å². The van der Waals surface area contributed by atoms with Gasteiger partial charge in [-0.15, -0.1) is 0 Å². The molecule has 22 heavy (non-hydrogen) atoms. The summed E-state index contributed by atoms with van der Waals surface area (Å²) in [7, 11) is 0. The average Bonchev–Trinajstić information content (AvgIpc) is 2.51. The van der Waals surface area contributed by atoms with Crippen LogP contribution < -0.4 is 11.3 Å². The van der Waals surface area contributed by atoms with Crippen molar-refractivity contribution >= 4 is 5.91 Å². The molecule has 2 unspecified atom stereocenters. The molecule has 1 aromatic carbocycles. The molecule has 0 aliphatic carbocycles. The number of aliphatic hydroxyl groups excluding tert-OH is 1. The van der Waals surface area contributed by atoms with Gasteiger partial charge in [0.25, 0.3) is 0 Å². The number of hydrogen-bond acceptors (Lipinski definition) is 4. The molecule has 0 aromatic heterocycles. The molecule has 0 spiro atoms. The number of nitrogens with two attached hydrogens (primary N) is 1. The number of carbonyl (C=O) groups excluding carboxylic acids is 1. The van der Waals surface area contributed by atoms with Crippen molar-refractivity contribution in [3.63, 3.8) is 0 Å². The highest BCUT2D eigenvalue weighted by molar-refractivity contribution is 5.78. The highest BCUT2D eigenvalue weighted by atomic mass is 16.5. The van der Waals surface area contributed by atoms with Gasteiger partial charge >= 0.3 is 0 Å². The van der Waals surface area contributed by atoms with Crippen LogP contribution in [-0.2, 0) is 16.0 Å². The zero-order chi connectivity index (χ0) is 16.4. The fraction of sp³-hybridized carbons (Fsp3) is 0.588. The van der Waals surface area contributed by atoms with Crippen molar-refractivity contribution in [2.45, 2.75) is 39.2 Å². The van der Waals surface area contributed by atoms with Crippen LogP contribution >= 0.6 is 0 Å². The molecule has 2 atom stereocenters. The van der Waals surface area contributed by atoms with Crippen molar-refractivity contribution in [1.29, 1.82) is 0 Å². The summed E-state index contributed by atoms with van der Waals surface area (Å²) >= 11 is 0. The third-order valence-corrected chi connectivity index (χ3v) is 3.54. The molecule has 5 nitrogen and oxygen atoms in total. The Labute approximate surface area is 132 Å². The van der Waals surface area contributed by atoms with Crippen molar-refractivity contribution in [2.75, 3.05) is 13.2 Å². The minimum absolute atomic E-state index is 0.246. The van der Waals surface area contributed by atoms with Gasteiger partial charge in [-0.1, -0.05) is 44.2 Å².